The minimum Gasteiger partial charge on any atom is -0.349 e. The van der Waals surface area contributed by atoms with Crippen molar-refractivity contribution in [3.05, 3.63) is 29.0 Å². The van der Waals surface area contributed by atoms with Crippen molar-refractivity contribution in [1.29, 1.82) is 0 Å². The van der Waals surface area contributed by atoms with Gasteiger partial charge in [0.1, 0.15) is 0 Å². The molecule has 1 amide bonds. The zero-order chi connectivity index (χ0) is 12.3. The van der Waals surface area contributed by atoms with E-state index in [0.29, 0.717) is 16.6 Å². The Hall–Kier alpha value is -1.13. The first-order chi connectivity index (χ1) is 8.16. The highest BCUT2D eigenvalue weighted by molar-refractivity contribution is 6.33. The molecule has 1 saturated heterocycles. The van der Waals surface area contributed by atoms with E-state index in [4.69, 9.17) is 11.6 Å². The van der Waals surface area contributed by atoms with E-state index >= 15 is 0 Å². The maximum atomic E-state index is 12.0. The molecular weight excluding hydrogens is 238 g/mol. The lowest BCUT2D eigenvalue weighted by molar-refractivity contribution is 0.0925. The van der Waals surface area contributed by atoms with Gasteiger partial charge >= 0.3 is 0 Å². The van der Waals surface area contributed by atoms with Gasteiger partial charge in [-0.3, -0.25) is 9.78 Å². The number of halogens is 1. The SMILES string of the molecule is CC1CC(NC(=O)c2ccncc2Cl)CCN1. The zero-order valence-corrected chi connectivity index (χ0v) is 10.5. The van der Waals surface area contributed by atoms with Crippen molar-refractivity contribution in [1.82, 2.24) is 15.6 Å². The maximum absolute atomic E-state index is 12.0. The maximum Gasteiger partial charge on any atom is 0.253 e. The molecule has 17 heavy (non-hydrogen) atoms. The molecule has 1 aromatic rings. The van der Waals surface area contributed by atoms with E-state index in [1.165, 1.54) is 6.20 Å². The van der Waals surface area contributed by atoms with Crippen LogP contribution in [0.2, 0.25) is 5.02 Å². The highest BCUT2D eigenvalue weighted by Crippen LogP contribution is 2.15. The number of hydrogen-bond donors (Lipinski definition) is 2. The molecule has 0 aliphatic carbocycles. The summed E-state index contributed by atoms with van der Waals surface area (Å²) >= 11 is 5.93. The second kappa shape index (κ2) is 5.47. The van der Waals surface area contributed by atoms with Crippen LogP contribution < -0.4 is 10.6 Å². The third-order valence-electron chi connectivity index (χ3n) is 2.98. The van der Waals surface area contributed by atoms with Gasteiger partial charge in [-0.25, -0.2) is 0 Å². The standard InChI is InChI=1S/C12H16ClN3O/c1-8-6-9(2-5-15-8)16-12(17)10-3-4-14-7-11(10)13/h3-4,7-9,15H,2,5-6H2,1H3,(H,16,17). The van der Waals surface area contributed by atoms with Crippen LogP contribution >= 0.6 is 11.6 Å². The van der Waals surface area contributed by atoms with Gasteiger partial charge in [0.15, 0.2) is 0 Å². The van der Waals surface area contributed by atoms with Gasteiger partial charge in [0.25, 0.3) is 5.91 Å². The molecule has 92 valence electrons. The molecule has 2 rings (SSSR count). The molecule has 1 aliphatic rings. The van der Waals surface area contributed by atoms with Crippen LogP contribution in [-0.4, -0.2) is 29.5 Å². The van der Waals surface area contributed by atoms with Crippen molar-refractivity contribution in [3.63, 3.8) is 0 Å². The zero-order valence-electron chi connectivity index (χ0n) is 9.74. The number of hydrogen-bond acceptors (Lipinski definition) is 3. The van der Waals surface area contributed by atoms with Crippen LogP contribution in [0, 0.1) is 0 Å². The predicted octanol–water partition coefficient (Wildman–Crippen LogP) is 1.61. The Balaban J connectivity index is 1.99. The van der Waals surface area contributed by atoms with Crippen molar-refractivity contribution >= 4 is 17.5 Å². The fourth-order valence-electron chi connectivity index (χ4n) is 2.09. The lowest BCUT2D eigenvalue weighted by Crippen LogP contribution is -2.46. The summed E-state index contributed by atoms with van der Waals surface area (Å²) in [5.74, 6) is -0.114. The van der Waals surface area contributed by atoms with Gasteiger partial charge in [-0.05, 0) is 32.4 Å². The molecule has 2 unspecified atom stereocenters. The van der Waals surface area contributed by atoms with Crippen LogP contribution in [-0.2, 0) is 0 Å². The third-order valence-corrected chi connectivity index (χ3v) is 3.28. The Morgan fingerprint density at radius 1 is 1.65 bits per heavy atom. The van der Waals surface area contributed by atoms with Crippen molar-refractivity contribution in [2.24, 2.45) is 0 Å². The third kappa shape index (κ3) is 3.17. The van der Waals surface area contributed by atoms with E-state index < -0.39 is 0 Å². The number of piperidine rings is 1. The first-order valence-corrected chi connectivity index (χ1v) is 6.18. The first-order valence-electron chi connectivity index (χ1n) is 5.80. The first kappa shape index (κ1) is 12.3. The van der Waals surface area contributed by atoms with E-state index in [1.807, 2.05) is 0 Å². The van der Waals surface area contributed by atoms with Crippen molar-refractivity contribution < 1.29 is 4.79 Å². The summed E-state index contributed by atoms with van der Waals surface area (Å²) in [6, 6.07) is 2.31. The molecule has 0 spiro atoms. The predicted molar refractivity (Wildman–Crippen MR) is 67.2 cm³/mol. The summed E-state index contributed by atoms with van der Waals surface area (Å²) in [4.78, 5) is 15.9. The number of aromatic nitrogens is 1. The average Bonchev–Trinajstić information content (AvgIpc) is 2.29. The summed E-state index contributed by atoms with van der Waals surface area (Å²) in [5.41, 5.74) is 0.493. The van der Waals surface area contributed by atoms with E-state index in [9.17, 15) is 4.79 Å². The van der Waals surface area contributed by atoms with Crippen LogP contribution in [0.3, 0.4) is 0 Å². The van der Waals surface area contributed by atoms with Gasteiger partial charge in [0.2, 0.25) is 0 Å². The molecule has 1 aromatic heterocycles. The summed E-state index contributed by atoms with van der Waals surface area (Å²) in [5, 5.41) is 6.76. The van der Waals surface area contributed by atoms with Gasteiger partial charge in [0, 0.05) is 24.5 Å². The summed E-state index contributed by atoms with van der Waals surface area (Å²) in [6.07, 6.45) is 4.97. The lowest BCUT2D eigenvalue weighted by atomic mass is 10.0. The second-order valence-corrected chi connectivity index (χ2v) is 4.81. The van der Waals surface area contributed by atoms with Gasteiger partial charge in [-0.2, -0.15) is 0 Å². The number of nitrogens with one attached hydrogen (secondary N) is 2. The molecule has 0 bridgehead atoms. The van der Waals surface area contributed by atoms with E-state index in [2.05, 4.69) is 22.5 Å². The quantitative estimate of drug-likeness (QED) is 0.842. The highest BCUT2D eigenvalue weighted by atomic mass is 35.5. The molecule has 0 radical (unpaired) electrons. The second-order valence-electron chi connectivity index (χ2n) is 4.41. The smallest absolute Gasteiger partial charge is 0.253 e. The molecule has 2 heterocycles. The molecule has 0 aromatic carbocycles. The van der Waals surface area contributed by atoms with Gasteiger partial charge in [-0.15, -0.1) is 0 Å². The fourth-order valence-corrected chi connectivity index (χ4v) is 2.29. The number of carbonyl (C=O) groups excluding carboxylic acids is 1. The number of pyridine rings is 1. The lowest BCUT2D eigenvalue weighted by Gasteiger charge is -2.28. The Morgan fingerprint density at radius 2 is 2.47 bits per heavy atom. The van der Waals surface area contributed by atoms with Gasteiger partial charge < -0.3 is 10.6 Å². The largest absolute Gasteiger partial charge is 0.349 e. The number of nitrogens with zero attached hydrogens (tertiary/aromatic N) is 1. The average molecular weight is 254 g/mol. The number of carbonyl (C=O) groups is 1. The fraction of sp³-hybridized carbons (Fsp3) is 0.500. The minimum atomic E-state index is -0.114. The van der Waals surface area contributed by atoms with Crippen molar-refractivity contribution in [2.75, 3.05) is 6.54 Å². The molecule has 2 N–H and O–H groups in total. The van der Waals surface area contributed by atoms with Gasteiger partial charge in [-0.1, -0.05) is 11.6 Å². The normalized spacial score (nSPS) is 24.4. The molecular formula is C12H16ClN3O. The molecule has 1 aliphatic heterocycles. The Labute approximate surface area is 106 Å². The molecule has 1 fully saturated rings. The van der Waals surface area contributed by atoms with Gasteiger partial charge in [0.05, 0.1) is 10.6 Å². The molecule has 4 nitrogen and oxygen atoms in total. The Kier molecular flexibility index (Phi) is 3.97. The van der Waals surface area contributed by atoms with Crippen molar-refractivity contribution in [2.45, 2.75) is 31.8 Å². The van der Waals surface area contributed by atoms with Crippen molar-refractivity contribution in [3.8, 4) is 0 Å². The molecule has 0 saturated carbocycles. The number of rotatable bonds is 2. The Morgan fingerprint density at radius 3 is 3.18 bits per heavy atom. The minimum absolute atomic E-state index is 0.114. The van der Waals surface area contributed by atoms with E-state index in [0.717, 1.165) is 19.4 Å². The van der Waals surface area contributed by atoms with E-state index in [-0.39, 0.29) is 11.9 Å². The summed E-state index contributed by atoms with van der Waals surface area (Å²) in [7, 11) is 0. The van der Waals surface area contributed by atoms with Crippen LogP contribution in [0.4, 0.5) is 0 Å². The molecule has 2 atom stereocenters. The molecule has 5 heteroatoms. The topological polar surface area (TPSA) is 54.0 Å². The monoisotopic (exact) mass is 253 g/mol. The summed E-state index contributed by atoms with van der Waals surface area (Å²) < 4.78 is 0. The van der Waals surface area contributed by atoms with Crippen LogP contribution in [0.15, 0.2) is 18.5 Å². The highest BCUT2D eigenvalue weighted by Gasteiger charge is 2.21. The van der Waals surface area contributed by atoms with Crippen LogP contribution in [0.1, 0.15) is 30.1 Å². The van der Waals surface area contributed by atoms with Crippen LogP contribution in [0.25, 0.3) is 0 Å². The Bertz CT molecular complexity index is 410. The number of amides is 1. The van der Waals surface area contributed by atoms with E-state index in [1.54, 1.807) is 12.3 Å². The van der Waals surface area contributed by atoms with Crippen LogP contribution in [0.5, 0.6) is 0 Å². The summed E-state index contributed by atoms with van der Waals surface area (Å²) in [6.45, 7) is 3.06.